The summed E-state index contributed by atoms with van der Waals surface area (Å²) in [6.45, 7) is 3.66. The average molecular weight is 184 g/mol. The van der Waals surface area contributed by atoms with Crippen LogP contribution in [0.25, 0.3) is 0 Å². The van der Waals surface area contributed by atoms with Crippen molar-refractivity contribution in [3.8, 4) is 0 Å². The molecule has 0 saturated heterocycles. The third-order valence-corrected chi connectivity index (χ3v) is 2.13. The fourth-order valence-electron chi connectivity index (χ4n) is 0.900. The molecule has 1 aromatic rings. The van der Waals surface area contributed by atoms with Crippen molar-refractivity contribution in [3.63, 3.8) is 0 Å². The zero-order valence-corrected chi connectivity index (χ0v) is 8.15. The van der Waals surface area contributed by atoms with E-state index < -0.39 is 0 Å². The van der Waals surface area contributed by atoms with Crippen LogP contribution in [-0.4, -0.2) is 15.1 Å². The van der Waals surface area contributed by atoms with Crippen molar-refractivity contribution >= 4 is 17.3 Å². The van der Waals surface area contributed by atoms with Crippen LogP contribution in [0.2, 0.25) is 0 Å². The van der Waals surface area contributed by atoms with E-state index in [1.54, 1.807) is 6.92 Å². The van der Waals surface area contributed by atoms with Crippen LogP contribution < -0.4 is 0 Å². The topological polar surface area (TPSA) is 42.9 Å². The molecule has 1 aromatic heterocycles. The van der Waals surface area contributed by atoms with E-state index in [1.165, 1.54) is 11.5 Å². The smallest absolute Gasteiger partial charge is 0.142 e. The fourth-order valence-corrected chi connectivity index (χ4v) is 1.66. The molecule has 3 nitrogen and oxygen atoms in total. The van der Waals surface area contributed by atoms with Gasteiger partial charge in [0.2, 0.25) is 0 Å². The van der Waals surface area contributed by atoms with Gasteiger partial charge in [0.25, 0.3) is 0 Å². The molecule has 12 heavy (non-hydrogen) atoms. The van der Waals surface area contributed by atoms with Crippen LogP contribution in [0.1, 0.15) is 31.1 Å². The SMILES string of the molecule is CCCc1nsc(CC(C)=O)n1. The first-order valence-corrected chi connectivity index (χ1v) is 4.80. The van der Waals surface area contributed by atoms with E-state index in [1.807, 2.05) is 0 Å². The first kappa shape index (κ1) is 9.32. The van der Waals surface area contributed by atoms with Gasteiger partial charge < -0.3 is 0 Å². The standard InChI is InChI=1S/C8H12N2OS/c1-3-4-7-9-8(12-10-7)5-6(2)11/h3-5H2,1-2H3. The van der Waals surface area contributed by atoms with E-state index >= 15 is 0 Å². The molecule has 0 fully saturated rings. The maximum Gasteiger partial charge on any atom is 0.142 e. The van der Waals surface area contributed by atoms with Gasteiger partial charge in [-0.05, 0) is 24.9 Å². The lowest BCUT2D eigenvalue weighted by molar-refractivity contribution is -0.116. The minimum Gasteiger partial charge on any atom is -0.300 e. The quantitative estimate of drug-likeness (QED) is 0.714. The molecule has 0 bridgehead atoms. The van der Waals surface area contributed by atoms with E-state index in [2.05, 4.69) is 16.3 Å². The van der Waals surface area contributed by atoms with Crippen molar-refractivity contribution in [3.05, 3.63) is 10.8 Å². The molecular weight excluding hydrogens is 172 g/mol. The molecular formula is C8H12N2OS. The molecule has 0 aliphatic rings. The van der Waals surface area contributed by atoms with Crippen LogP contribution in [0, 0.1) is 0 Å². The van der Waals surface area contributed by atoms with Gasteiger partial charge >= 0.3 is 0 Å². The Morgan fingerprint density at radius 1 is 1.58 bits per heavy atom. The van der Waals surface area contributed by atoms with Crippen molar-refractivity contribution in [1.82, 2.24) is 9.36 Å². The van der Waals surface area contributed by atoms with Crippen LogP contribution in [0.4, 0.5) is 0 Å². The minimum absolute atomic E-state index is 0.147. The molecule has 1 heterocycles. The fraction of sp³-hybridized carbons (Fsp3) is 0.625. The van der Waals surface area contributed by atoms with E-state index in [4.69, 9.17) is 0 Å². The zero-order valence-electron chi connectivity index (χ0n) is 7.33. The van der Waals surface area contributed by atoms with Gasteiger partial charge in [0, 0.05) is 6.42 Å². The number of hydrogen-bond acceptors (Lipinski definition) is 4. The molecule has 0 unspecified atom stereocenters. The predicted octanol–water partition coefficient (Wildman–Crippen LogP) is 1.62. The number of carbonyl (C=O) groups is 1. The third-order valence-electron chi connectivity index (χ3n) is 1.38. The monoisotopic (exact) mass is 184 g/mol. The van der Waals surface area contributed by atoms with Gasteiger partial charge in [0.15, 0.2) is 0 Å². The summed E-state index contributed by atoms with van der Waals surface area (Å²) in [5, 5.41) is 0.839. The summed E-state index contributed by atoms with van der Waals surface area (Å²) in [4.78, 5) is 14.9. The first-order valence-electron chi connectivity index (χ1n) is 4.03. The van der Waals surface area contributed by atoms with Gasteiger partial charge in [-0.3, -0.25) is 4.79 Å². The Hall–Kier alpha value is -0.770. The van der Waals surface area contributed by atoms with Crippen molar-refractivity contribution in [2.75, 3.05) is 0 Å². The van der Waals surface area contributed by atoms with Gasteiger partial charge in [0.1, 0.15) is 16.6 Å². The lowest BCUT2D eigenvalue weighted by atomic mass is 10.3. The summed E-state index contributed by atoms with van der Waals surface area (Å²) in [6, 6.07) is 0. The van der Waals surface area contributed by atoms with E-state index in [0.29, 0.717) is 6.42 Å². The Morgan fingerprint density at radius 2 is 2.33 bits per heavy atom. The number of hydrogen-bond donors (Lipinski definition) is 0. The summed E-state index contributed by atoms with van der Waals surface area (Å²) in [5.74, 6) is 1.02. The summed E-state index contributed by atoms with van der Waals surface area (Å²) < 4.78 is 4.14. The Balaban J connectivity index is 2.58. The van der Waals surface area contributed by atoms with Crippen LogP contribution in [0.15, 0.2) is 0 Å². The van der Waals surface area contributed by atoms with Crippen molar-refractivity contribution in [1.29, 1.82) is 0 Å². The highest BCUT2D eigenvalue weighted by Gasteiger charge is 2.04. The van der Waals surface area contributed by atoms with Crippen LogP contribution in [0.3, 0.4) is 0 Å². The van der Waals surface area contributed by atoms with E-state index in [9.17, 15) is 4.79 Å². The molecule has 4 heteroatoms. The third kappa shape index (κ3) is 2.70. The molecule has 0 radical (unpaired) electrons. The summed E-state index contributed by atoms with van der Waals surface area (Å²) >= 11 is 1.34. The Kier molecular flexibility index (Phi) is 3.34. The highest BCUT2D eigenvalue weighted by atomic mass is 32.1. The second kappa shape index (κ2) is 4.30. The maximum atomic E-state index is 10.7. The largest absolute Gasteiger partial charge is 0.300 e. The normalized spacial score (nSPS) is 10.2. The highest BCUT2D eigenvalue weighted by molar-refractivity contribution is 7.05. The first-order chi connectivity index (χ1) is 5.72. The number of ketones is 1. The predicted molar refractivity (Wildman–Crippen MR) is 48.3 cm³/mol. The molecule has 1 rings (SSSR count). The second-order valence-electron chi connectivity index (χ2n) is 2.73. The van der Waals surface area contributed by atoms with Crippen molar-refractivity contribution in [2.24, 2.45) is 0 Å². The lowest BCUT2D eigenvalue weighted by Crippen LogP contribution is -1.95. The van der Waals surface area contributed by atoms with Gasteiger partial charge in [-0.1, -0.05) is 6.92 Å². The van der Waals surface area contributed by atoms with Crippen LogP contribution in [0.5, 0.6) is 0 Å². The number of carbonyl (C=O) groups excluding carboxylic acids is 1. The Labute approximate surface area is 76.0 Å². The van der Waals surface area contributed by atoms with E-state index in [-0.39, 0.29) is 5.78 Å². The maximum absolute atomic E-state index is 10.7. The van der Waals surface area contributed by atoms with E-state index in [0.717, 1.165) is 23.7 Å². The molecule has 0 amide bonds. The van der Waals surface area contributed by atoms with Crippen LogP contribution in [-0.2, 0) is 17.6 Å². The van der Waals surface area contributed by atoms with Gasteiger partial charge in [-0.2, -0.15) is 4.37 Å². The number of aryl methyl sites for hydroxylation is 1. The van der Waals surface area contributed by atoms with Crippen LogP contribution >= 0.6 is 11.5 Å². The molecule has 0 atom stereocenters. The molecule has 0 aliphatic carbocycles. The summed E-state index contributed by atoms with van der Waals surface area (Å²) in [5.41, 5.74) is 0. The van der Waals surface area contributed by atoms with Crippen molar-refractivity contribution in [2.45, 2.75) is 33.1 Å². The second-order valence-corrected chi connectivity index (χ2v) is 3.57. The molecule has 0 spiro atoms. The van der Waals surface area contributed by atoms with Gasteiger partial charge in [-0.15, -0.1) is 0 Å². The molecule has 0 N–H and O–H groups in total. The van der Waals surface area contributed by atoms with Crippen molar-refractivity contribution < 1.29 is 4.79 Å². The summed E-state index contributed by atoms with van der Waals surface area (Å²) in [7, 11) is 0. The number of nitrogens with zero attached hydrogens (tertiary/aromatic N) is 2. The molecule has 0 saturated carbocycles. The molecule has 0 aromatic carbocycles. The number of Topliss-reactive ketones (excluding diaryl/α,β-unsaturated/α-hetero) is 1. The Morgan fingerprint density at radius 3 is 2.92 bits per heavy atom. The average Bonchev–Trinajstić information content (AvgIpc) is 2.36. The number of rotatable bonds is 4. The molecule has 0 aliphatic heterocycles. The number of aromatic nitrogens is 2. The lowest BCUT2D eigenvalue weighted by Gasteiger charge is -1.87. The highest BCUT2D eigenvalue weighted by Crippen LogP contribution is 2.07. The summed E-state index contributed by atoms with van der Waals surface area (Å²) in [6.07, 6.45) is 2.39. The Bertz CT molecular complexity index is 270. The van der Waals surface area contributed by atoms with Gasteiger partial charge in [0.05, 0.1) is 6.42 Å². The van der Waals surface area contributed by atoms with Gasteiger partial charge in [-0.25, -0.2) is 4.98 Å². The molecule has 66 valence electrons. The minimum atomic E-state index is 0.147. The zero-order chi connectivity index (χ0) is 8.97.